The summed E-state index contributed by atoms with van der Waals surface area (Å²) < 4.78 is 0. The third kappa shape index (κ3) is 4.96. The lowest BCUT2D eigenvalue weighted by atomic mass is 10.1. The number of aryl methyl sites for hydroxylation is 2. The number of anilines is 1. The Bertz CT molecular complexity index is 749. The van der Waals surface area contributed by atoms with Crippen molar-refractivity contribution in [3.05, 3.63) is 59.2 Å². The third-order valence-electron chi connectivity index (χ3n) is 2.94. The summed E-state index contributed by atoms with van der Waals surface area (Å²) in [5.74, 6) is -1.59. The molecule has 2 rings (SSSR count). The van der Waals surface area contributed by atoms with E-state index in [1.807, 2.05) is 19.9 Å². The molecule has 0 atom stereocenters. The standard InChI is InChI=1S/C17H17N3O3/c1-11-6-12(2)8-14(7-11)19-16(22)17(23)20-18-10-13-4-3-5-15(21)9-13/h3-10,21H,1-2H3,(H,19,22)(H,20,23)/b18-10-. The van der Waals surface area contributed by atoms with Crippen LogP contribution >= 0.6 is 0 Å². The van der Waals surface area contributed by atoms with Crippen molar-refractivity contribution in [1.82, 2.24) is 5.43 Å². The van der Waals surface area contributed by atoms with Crippen LogP contribution in [-0.4, -0.2) is 23.1 Å². The lowest BCUT2D eigenvalue weighted by Crippen LogP contribution is -2.32. The van der Waals surface area contributed by atoms with Crippen LogP contribution in [0.5, 0.6) is 5.75 Å². The normalized spacial score (nSPS) is 10.5. The number of nitrogens with zero attached hydrogens (tertiary/aromatic N) is 1. The Kier molecular flexibility index (Phi) is 5.09. The van der Waals surface area contributed by atoms with E-state index >= 15 is 0 Å². The molecule has 0 aromatic heterocycles. The molecule has 0 unspecified atom stereocenters. The van der Waals surface area contributed by atoms with Crippen LogP contribution in [0.3, 0.4) is 0 Å². The number of hydrogen-bond acceptors (Lipinski definition) is 4. The molecular weight excluding hydrogens is 294 g/mol. The van der Waals surface area contributed by atoms with Crippen molar-refractivity contribution in [3.63, 3.8) is 0 Å². The van der Waals surface area contributed by atoms with Gasteiger partial charge in [-0.3, -0.25) is 9.59 Å². The van der Waals surface area contributed by atoms with Crippen LogP contribution in [-0.2, 0) is 9.59 Å². The number of carbonyl (C=O) groups is 2. The summed E-state index contributed by atoms with van der Waals surface area (Å²) in [5, 5.41) is 15.5. The van der Waals surface area contributed by atoms with Crippen LogP contribution in [0.4, 0.5) is 5.69 Å². The van der Waals surface area contributed by atoms with Gasteiger partial charge in [-0.25, -0.2) is 5.43 Å². The van der Waals surface area contributed by atoms with Gasteiger partial charge < -0.3 is 10.4 Å². The minimum absolute atomic E-state index is 0.0906. The zero-order valence-electron chi connectivity index (χ0n) is 12.8. The predicted molar refractivity (Wildman–Crippen MR) is 88.4 cm³/mol. The highest BCUT2D eigenvalue weighted by Gasteiger charge is 2.13. The zero-order valence-corrected chi connectivity index (χ0v) is 12.8. The number of aromatic hydroxyl groups is 1. The summed E-state index contributed by atoms with van der Waals surface area (Å²) in [7, 11) is 0. The first-order chi connectivity index (χ1) is 10.9. The van der Waals surface area contributed by atoms with Gasteiger partial charge >= 0.3 is 11.8 Å². The number of phenolic OH excluding ortho intramolecular Hbond substituents is 1. The maximum Gasteiger partial charge on any atom is 0.329 e. The summed E-state index contributed by atoms with van der Waals surface area (Å²) in [6.45, 7) is 3.81. The number of hydrazone groups is 1. The molecule has 0 saturated heterocycles. The van der Waals surface area contributed by atoms with Crippen molar-refractivity contribution in [2.45, 2.75) is 13.8 Å². The van der Waals surface area contributed by atoms with Crippen molar-refractivity contribution >= 4 is 23.7 Å². The monoisotopic (exact) mass is 311 g/mol. The average molecular weight is 311 g/mol. The van der Waals surface area contributed by atoms with Crippen LogP contribution in [0, 0.1) is 13.8 Å². The highest BCUT2D eigenvalue weighted by molar-refractivity contribution is 6.39. The van der Waals surface area contributed by atoms with Gasteiger partial charge in [0.25, 0.3) is 0 Å². The number of hydrogen-bond donors (Lipinski definition) is 3. The van der Waals surface area contributed by atoms with E-state index in [-0.39, 0.29) is 5.75 Å². The molecule has 0 saturated carbocycles. The van der Waals surface area contributed by atoms with E-state index in [1.54, 1.807) is 24.3 Å². The topological polar surface area (TPSA) is 90.8 Å². The van der Waals surface area contributed by atoms with Crippen molar-refractivity contribution in [2.24, 2.45) is 5.10 Å². The smallest absolute Gasteiger partial charge is 0.329 e. The van der Waals surface area contributed by atoms with Gasteiger partial charge in [-0.15, -0.1) is 0 Å². The molecule has 0 aliphatic carbocycles. The Hall–Kier alpha value is -3.15. The minimum Gasteiger partial charge on any atom is -0.508 e. The zero-order chi connectivity index (χ0) is 16.8. The van der Waals surface area contributed by atoms with Gasteiger partial charge in [0, 0.05) is 5.69 Å². The van der Waals surface area contributed by atoms with E-state index in [0.717, 1.165) is 11.1 Å². The predicted octanol–water partition coefficient (Wildman–Crippen LogP) is 2.10. The highest BCUT2D eigenvalue weighted by atomic mass is 16.3. The SMILES string of the molecule is Cc1cc(C)cc(NC(=O)C(=O)N/N=C\c2cccc(O)c2)c1. The van der Waals surface area contributed by atoms with E-state index < -0.39 is 11.8 Å². The number of nitrogens with one attached hydrogen (secondary N) is 2. The molecule has 0 radical (unpaired) electrons. The van der Waals surface area contributed by atoms with Crippen LogP contribution in [0.25, 0.3) is 0 Å². The number of rotatable bonds is 3. The molecule has 6 heteroatoms. The molecule has 0 bridgehead atoms. The second kappa shape index (κ2) is 7.22. The van der Waals surface area contributed by atoms with Crippen LogP contribution in [0.1, 0.15) is 16.7 Å². The maximum absolute atomic E-state index is 11.8. The summed E-state index contributed by atoms with van der Waals surface area (Å²) in [5.41, 5.74) is 5.27. The van der Waals surface area contributed by atoms with Crippen LogP contribution < -0.4 is 10.7 Å². The summed E-state index contributed by atoms with van der Waals surface area (Å²) >= 11 is 0. The molecule has 23 heavy (non-hydrogen) atoms. The van der Waals surface area contributed by atoms with E-state index in [0.29, 0.717) is 11.3 Å². The second-order valence-corrected chi connectivity index (χ2v) is 5.12. The van der Waals surface area contributed by atoms with Gasteiger partial charge in [0.15, 0.2) is 0 Å². The number of carbonyl (C=O) groups excluding carboxylic acids is 2. The van der Waals surface area contributed by atoms with Gasteiger partial charge in [0.1, 0.15) is 5.75 Å². The lowest BCUT2D eigenvalue weighted by Gasteiger charge is -2.06. The van der Waals surface area contributed by atoms with Crippen LogP contribution in [0.2, 0.25) is 0 Å². The van der Waals surface area contributed by atoms with E-state index in [2.05, 4.69) is 15.8 Å². The summed E-state index contributed by atoms with van der Waals surface area (Å²) in [6.07, 6.45) is 1.34. The van der Waals surface area contributed by atoms with Crippen molar-refractivity contribution < 1.29 is 14.7 Å². The Balaban J connectivity index is 1.93. The first-order valence-corrected chi connectivity index (χ1v) is 6.96. The van der Waals surface area contributed by atoms with E-state index in [9.17, 15) is 14.7 Å². The molecule has 0 aliphatic heterocycles. The van der Waals surface area contributed by atoms with E-state index in [1.165, 1.54) is 18.3 Å². The van der Waals surface area contributed by atoms with Crippen molar-refractivity contribution in [1.29, 1.82) is 0 Å². The first-order valence-electron chi connectivity index (χ1n) is 6.96. The molecule has 2 aromatic rings. The van der Waals surface area contributed by atoms with Crippen molar-refractivity contribution in [2.75, 3.05) is 5.32 Å². The number of phenols is 1. The highest BCUT2D eigenvalue weighted by Crippen LogP contribution is 2.13. The van der Waals surface area contributed by atoms with Gasteiger partial charge in [-0.2, -0.15) is 5.10 Å². The summed E-state index contributed by atoms with van der Waals surface area (Å²) in [4.78, 5) is 23.5. The first kappa shape index (κ1) is 16.2. The van der Waals surface area contributed by atoms with E-state index in [4.69, 9.17) is 0 Å². The van der Waals surface area contributed by atoms with Crippen molar-refractivity contribution in [3.8, 4) is 5.75 Å². The minimum atomic E-state index is -0.874. The fraction of sp³-hybridized carbons (Fsp3) is 0.118. The molecular formula is C17H17N3O3. The van der Waals surface area contributed by atoms with Crippen LogP contribution in [0.15, 0.2) is 47.6 Å². The third-order valence-corrected chi connectivity index (χ3v) is 2.94. The number of benzene rings is 2. The molecule has 2 amide bonds. The Morgan fingerprint density at radius 2 is 1.74 bits per heavy atom. The molecule has 0 aliphatic rings. The molecule has 2 aromatic carbocycles. The molecule has 3 N–H and O–H groups in total. The van der Waals surface area contributed by atoms with Gasteiger partial charge in [-0.1, -0.05) is 18.2 Å². The van der Waals surface area contributed by atoms with Gasteiger partial charge in [0.2, 0.25) is 0 Å². The number of amides is 2. The molecule has 0 fully saturated rings. The Labute approximate surface area is 133 Å². The summed E-state index contributed by atoms with van der Waals surface area (Å²) in [6, 6.07) is 11.9. The average Bonchev–Trinajstić information content (AvgIpc) is 2.46. The van der Waals surface area contributed by atoms with Gasteiger partial charge in [0.05, 0.1) is 6.21 Å². The Morgan fingerprint density at radius 3 is 2.39 bits per heavy atom. The molecule has 6 nitrogen and oxygen atoms in total. The molecule has 118 valence electrons. The molecule has 0 spiro atoms. The van der Waals surface area contributed by atoms with Gasteiger partial charge in [-0.05, 0) is 54.8 Å². The largest absolute Gasteiger partial charge is 0.508 e. The molecule has 0 heterocycles. The Morgan fingerprint density at radius 1 is 1.04 bits per heavy atom. The quantitative estimate of drug-likeness (QED) is 0.460. The fourth-order valence-corrected chi connectivity index (χ4v) is 2.06. The lowest BCUT2D eigenvalue weighted by molar-refractivity contribution is -0.136. The fourth-order valence-electron chi connectivity index (χ4n) is 2.06. The maximum atomic E-state index is 11.8. The second-order valence-electron chi connectivity index (χ2n) is 5.12.